The van der Waals surface area contributed by atoms with E-state index >= 15 is 0 Å². The lowest BCUT2D eigenvalue weighted by Crippen LogP contribution is -2.42. The van der Waals surface area contributed by atoms with E-state index in [-0.39, 0.29) is 12.0 Å². The predicted molar refractivity (Wildman–Crippen MR) is 43.3 cm³/mol. The first-order chi connectivity index (χ1) is 5.79. The van der Waals surface area contributed by atoms with Crippen molar-refractivity contribution in [3.8, 4) is 12.3 Å². The monoisotopic (exact) mass is 165 g/mol. The summed E-state index contributed by atoms with van der Waals surface area (Å²) in [6, 6.07) is 0. The molecule has 0 aromatic rings. The summed E-state index contributed by atoms with van der Waals surface area (Å²) in [6.07, 6.45) is 6.36. The van der Waals surface area contributed by atoms with Crippen LogP contribution in [0.15, 0.2) is 0 Å². The summed E-state index contributed by atoms with van der Waals surface area (Å²) >= 11 is 0. The zero-order valence-electron chi connectivity index (χ0n) is 6.82. The highest BCUT2D eigenvalue weighted by Gasteiger charge is 2.35. The summed E-state index contributed by atoms with van der Waals surface area (Å²) in [5.74, 6) is 2.45. The summed E-state index contributed by atoms with van der Waals surface area (Å²) in [7, 11) is 0. The van der Waals surface area contributed by atoms with Gasteiger partial charge in [-0.05, 0) is 12.3 Å². The third-order valence-corrected chi connectivity index (χ3v) is 2.48. The molecule has 0 radical (unpaired) electrons. The smallest absolute Gasteiger partial charge is 0.298 e. The van der Waals surface area contributed by atoms with Gasteiger partial charge in [0.15, 0.2) is 0 Å². The standard InChI is InChI=1S/C9H11NO2/c1-2-9(11)10-4-7-3-8(5-10)12-6-7/h1,7-8H,3-6H2. The maximum absolute atomic E-state index is 11.1. The molecule has 2 aliphatic rings. The van der Waals surface area contributed by atoms with Crippen molar-refractivity contribution in [3.05, 3.63) is 0 Å². The van der Waals surface area contributed by atoms with Crippen LogP contribution in [0.2, 0.25) is 0 Å². The summed E-state index contributed by atoms with van der Waals surface area (Å²) in [6.45, 7) is 2.25. The van der Waals surface area contributed by atoms with Gasteiger partial charge in [0, 0.05) is 19.0 Å². The molecule has 0 spiro atoms. The zero-order valence-corrected chi connectivity index (χ0v) is 6.82. The Hall–Kier alpha value is -1.01. The molecule has 1 amide bonds. The van der Waals surface area contributed by atoms with Gasteiger partial charge in [0.05, 0.1) is 12.7 Å². The van der Waals surface area contributed by atoms with E-state index in [9.17, 15) is 4.79 Å². The molecule has 2 aliphatic heterocycles. The Morgan fingerprint density at radius 1 is 1.58 bits per heavy atom. The second kappa shape index (κ2) is 2.80. The van der Waals surface area contributed by atoms with Crippen molar-refractivity contribution in [2.45, 2.75) is 12.5 Å². The molecular weight excluding hydrogens is 154 g/mol. The van der Waals surface area contributed by atoms with Crippen LogP contribution in [0.25, 0.3) is 0 Å². The second-order valence-corrected chi connectivity index (χ2v) is 3.41. The number of nitrogens with zero attached hydrogens (tertiary/aromatic N) is 1. The average molecular weight is 165 g/mol. The second-order valence-electron chi connectivity index (χ2n) is 3.41. The van der Waals surface area contributed by atoms with Crippen LogP contribution in [0.3, 0.4) is 0 Å². The highest BCUT2D eigenvalue weighted by atomic mass is 16.5. The number of terminal acetylenes is 1. The molecule has 3 heteroatoms. The van der Waals surface area contributed by atoms with Crippen LogP contribution in [0.1, 0.15) is 6.42 Å². The number of likely N-dealkylation sites (tertiary alicyclic amines) is 1. The molecule has 2 rings (SSSR count). The highest BCUT2D eigenvalue weighted by molar-refractivity contribution is 5.93. The number of fused-ring (bicyclic) bond motifs is 2. The lowest BCUT2D eigenvalue weighted by Gasteiger charge is -2.28. The number of hydrogen-bond donors (Lipinski definition) is 0. The van der Waals surface area contributed by atoms with E-state index in [2.05, 4.69) is 5.92 Å². The van der Waals surface area contributed by atoms with Gasteiger partial charge in [-0.2, -0.15) is 0 Å². The zero-order chi connectivity index (χ0) is 8.55. The lowest BCUT2D eigenvalue weighted by atomic mass is 10.0. The van der Waals surface area contributed by atoms with Crippen LogP contribution in [0.4, 0.5) is 0 Å². The van der Waals surface area contributed by atoms with Crippen molar-refractivity contribution < 1.29 is 9.53 Å². The van der Waals surface area contributed by atoms with E-state index in [0.717, 1.165) is 19.6 Å². The minimum atomic E-state index is -0.199. The van der Waals surface area contributed by atoms with E-state index in [4.69, 9.17) is 11.2 Å². The van der Waals surface area contributed by atoms with Gasteiger partial charge in [-0.25, -0.2) is 0 Å². The summed E-state index contributed by atoms with van der Waals surface area (Å²) in [5.41, 5.74) is 0. The normalized spacial score (nSPS) is 33.1. The van der Waals surface area contributed by atoms with E-state index in [1.54, 1.807) is 4.90 Å². The van der Waals surface area contributed by atoms with E-state index in [1.807, 2.05) is 0 Å². The quantitative estimate of drug-likeness (QED) is 0.468. The fraction of sp³-hybridized carbons (Fsp3) is 0.667. The Balaban J connectivity index is 2.03. The van der Waals surface area contributed by atoms with Crippen molar-refractivity contribution in [1.29, 1.82) is 0 Å². The number of rotatable bonds is 0. The van der Waals surface area contributed by atoms with Crippen molar-refractivity contribution in [2.24, 2.45) is 5.92 Å². The van der Waals surface area contributed by atoms with Crippen LogP contribution < -0.4 is 0 Å². The molecule has 0 saturated carbocycles. The van der Waals surface area contributed by atoms with E-state index in [1.165, 1.54) is 0 Å². The molecule has 2 bridgehead atoms. The molecule has 0 aliphatic carbocycles. The number of amides is 1. The van der Waals surface area contributed by atoms with Crippen molar-refractivity contribution in [3.63, 3.8) is 0 Å². The Morgan fingerprint density at radius 2 is 2.42 bits per heavy atom. The van der Waals surface area contributed by atoms with Crippen molar-refractivity contribution >= 4 is 5.91 Å². The Morgan fingerprint density at radius 3 is 3.08 bits per heavy atom. The topological polar surface area (TPSA) is 29.5 Å². The van der Waals surface area contributed by atoms with Crippen LogP contribution >= 0.6 is 0 Å². The third kappa shape index (κ3) is 1.19. The molecule has 2 unspecified atom stereocenters. The van der Waals surface area contributed by atoms with Gasteiger partial charge in [0.25, 0.3) is 5.91 Å². The maximum Gasteiger partial charge on any atom is 0.298 e. The minimum absolute atomic E-state index is 0.199. The highest BCUT2D eigenvalue weighted by Crippen LogP contribution is 2.26. The van der Waals surface area contributed by atoms with Gasteiger partial charge in [0.1, 0.15) is 0 Å². The molecule has 3 nitrogen and oxygen atoms in total. The van der Waals surface area contributed by atoms with Gasteiger partial charge in [-0.3, -0.25) is 4.79 Å². The van der Waals surface area contributed by atoms with E-state index < -0.39 is 0 Å². The van der Waals surface area contributed by atoms with Crippen LogP contribution in [0, 0.1) is 18.3 Å². The largest absolute Gasteiger partial charge is 0.376 e. The lowest BCUT2D eigenvalue weighted by molar-refractivity contribution is -0.127. The maximum atomic E-state index is 11.1. The average Bonchev–Trinajstić information content (AvgIpc) is 2.44. The van der Waals surface area contributed by atoms with Gasteiger partial charge in [0.2, 0.25) is 0 Å². The Bertz CT molecular complexity index is 231. The third-order valence-electron chi connectivity index (χ3n) is 2.48. The summed E-state index contributed by atoms with van der Waals surface area (Å²) < 4.78 is 5.44. The molecule has 2 saturated heterocycles. The molecule has 0 N–H and O–H groups in total. The first-order valence-electron chi connectivity index (χ1n) is 4.16. The number of carbonyl (C=O) groups is 1. The first-order valence-corrected chi connectivity index (χ1v) is 4.16. The van der Waals surface area contributed by atoms with Gasteiger partial charge in [-0.1, -0.05) is 0 Å². The van der Waals surface area contributed by atoms with E-state index in [0.29, 0.717) is 12.5 Å². The summed E-state index contributed by atoms with van der Waals surface area (Å²) in [4.78, 5) is 12.8. The fourth-order valence-corrected chi connectivity index (χ4v) is 1.92. The van der Waals surface area contributed by atoms with Gasteiger partial charge >= 0.3 is 0 Å². The van der Waals surface area contributed by atoms with Crippen LogP contribution in [-0.2, 0) is 9.53 Å². The van der Waals surface area contributed by atoms with Crippen LogP contribution in [-0.4, -0.2) is 36.6 Å². The molecule has 2 fully saturated rings. The first kappa shape index (κ1) is 7.63. The van der Waals surface area contributed by atoms with Crippen LogP contribution in [0.5, 0.6) is 0 Å². The minimum Gasteiger partial charge on any atom is -0.376 e. The van der Waals surface area contributed by atoms with Gasteiger partial charge < -0.3 is 9.64 Å². The molecule has 0 aromatic carbocycles. The molecule has 2 heterocycles. The molecule has 12 heavy (non-hydrogen) atoms. The number of ether oxygens (including phenoxy) is 1. The number of carbonyl (C=O) groups excluding carboxylic acids is 1. The molecular formula is C9H11NO2. The van der Waals surface area contributed by atoms with Gasteiger partial charge in [-0.15, -0.1) is 6.42 Å². The molecule has 64 valence electrons. The number of hydrogen-bond acceptors (Lipinski definition) is 2. The fourth-order valence-electron chi connectivity index (χ4n) is 1.92. The Kier molecular flexibility index (Phi) is 1.78. The Labute approximate surface area is 71.7 Å². The molecule has 2 atom stereocenters. The van der Waals surface area contributed by atoms with Crippen molar-refractivity contribution in [1.82, 2.24) is 4.90 Å². The van der Waals surface area contributed by atoms with Crippen molar-refractivity contribution in [2.75, 3.05) is 19.7 Å². The summed E-state index contributed by atoms with van der Waals surface area (Å²) in [5, 5.41) is 0. The number of piperidine rings is 1. The SMILES string of the molecule is C#CC(=O)N1CC2COC(C2)C1. The predicted octanol–water partition coefficient (Wildman–Crippen LogP) is -0.133. The molecule has 0 aromatic heterocycles.